The first-order chi connectivity index (χ1) is 18.1. The fraction of sp³-hybridized carbons (Fsp3) is 0.0370. The lowest BCUT2D eigenvalue weighted by Gasteiger charge is -2.12. The van der Waals surface area contributed by atoms with Gasteiger partial charge in [-0.15, -0.1) is 11.3 Å². The molecule has 2 amide bonds. The molecular formula is C27H20FN5O3S. The minimum atomic E-state index is -0.567. The van der Waals surface area contributed by atoms with Gasteiger partial charge in [0, 0.05) is 5.69 Å². The van der Waals surface area contributed by atoms with E-state index in [4.69, 9.17) is 4.74 Å². The number of nitrogens with zero attached hydrogens (tertiary/aromatic N) is 3. The number of nitrogens with one attached hydrogen (secondary N) is 2. The highest BCUT2D eigenvalue weighted by molar-refractivity contribution is 7.16. The molecule has 0 fully saturated rings. The maximum absolute atomic E-state index is 14.5. The van der Waals surface area contributed by atoms with Gasteiger partial charge >= 0.3 is 0 Å². The van der Waals surface area contributed by atoms with Crippen LogP contribution >= 0.6 is 11.3 Å². The Morgan fingerprint density at radius 1 is 0.892 bits per heavy atom. The molecule has 0 aliphatic carbocycles. The highest BCUT2D eigenvalue weighted by Gasteiger charge is 2.16. The molecular weight excluding hydrogens is 493 g/mol. The molecule has 0 bridgehead atoms. The van der Waals surface area contributed by atoms with E-state index in [0.717, 1.165) is 16.9 Å². The van der Waals surface area contributed by atoms with Gasteiger partial charge in [0.25, 0.3) is 11.8 Å². The number of carbonyl (C=O) groups excluding carboxylic acids is 2. The van der Waals surface area contributed by atoms with Crippen molar-refractivity contribution >= 4 is 34.5 Å². The number of carbonyl (C=O) groups is 2. The molecule has 0 saturated carbocycles. The molecule has 0 aliphatic heterocycles. The number of aromatic nitrogens is 3. The van der Waals surface area contributed by atoms with Crippen LogP contribution in [0.1, 0.15) is 24.9 Å². The number of ether oxygens (including phenoxy) is 1. The molecule has 0 unspecified atom stereocenters. The normalized spacial score (nSPS) is 10.6. The van der Waals surface area contributed by atoms with E-state index in [9.17, 15) is 14.0 Å². The molecule has 2 heterocycles. The molecule has 0 aliphatic rings. The maximum atomic E-state index is 14.5. The highest BCUT2D eigenvalue weighted by Crippen LogP contribution is 2.27. The smallest absolute Gasteiger partial charge is 0.265 e. The van der Waals surface area contributed by atoms with Gasteiger partial charge in [0.1, 0.15) is 30.7 Å². The molecule has 0 radical (unpaired) electrons. The predicted octanol–water partition coefficient (Wildman–Crippen LogP) is 5.55. The van der Waals surface area contributed by atoms with Crippen LogP contribution in [0.2, 0.25) is 0 Å². The largest absolute Gasteiger partial charge is 0.487 e. The zero-order valence-corrected chi connectivity index (χ0v) is 20.1. The Morgan fingerprint density at radius 2 is 1.62 bits per heavy atom. The molecule has 10 heteroatoms. The third kappa shape index (κ3) is 5.71. The van der Waals surface area contributed by atoms with Crippen LogP contribution in [0.3, 0.4) is 0 Å². The van der Waals surface area contributed by atoms with Gasteiger partial charge in [-0.3, -0.25) is 9.59 Å². The monoisotopic (exact) mass is 513 g/mol. The summed E-state index contributed by atoms with van der Waals surface area (Å²) in [5.41, 5.74) is 2.00. The number of thiophene rings is 1. The van der Waals surface area contributed by atoms with E-state index in [1.165, 1.54) is 29.5 Å². The number of rotatable bonds is 8. The van der Waals surface area contributed by atoms with Crippen LogP contribution in [0.25, 0.3) is 5.69 Å². The number of amides is 2. The Bertz CT molecular complexity index is 1540. The van der Waals surface area contributed by atoms with Crippen molar-refractivity contribution in [2.24, 2.45) is 0 Å². The first-order valence-electron chi connectivity index (χ1n) is 11.2. The van der Waals surface area contributed by atoms with Gasteiger partial charge in [-0.25, -0.2) is 14.1 Å². The van der Waals surface area contributed by atoms with Crippen molar-refractivity contribution in [3.63, 3.8) is 0 Å². The third-order valence-corrected chi connectivity index (χ3v) is 6.38. The summed E-state index contributed by atoms with van der Waals surface area (Å²) in [6.07, 6.45) is 2.68. The van der Waals surface area contributed by atoms with Gasteiger partial charge < -0.3 is 15.4 Å². The zero-order valence-electron chi connectivity index (χ0n) is 19.3. The van der Waals surface area contributed by atoms with Crippen LogP contribution in [0.5, 0.6) is 5.75 Å². The number of hydrogen-bond acceptors (Lipinski definition) is 6. The molecule has 3 aromatic carbocycles. The quantitative estimate of drug-likeness (QED) is 0.283. The molecule has 184 valence electrons. The summed E-state index contributed by atoms with van der Waals surface area (Å²) < 4.78 is 21.7. The van der Waals surface area contributed by atoms with Crippen molar-refractivity contribution in [2.45, 2.75) is 6.61 Å². The van der Waals surface area contributed by atoms with E-state index in [0.29, 0.717) is 27.8 Å². The minimum Gasteiger partial charge on any atom is -0.487 e. The minimum absolute atomic E-state index is 0.207. The van der Waals surface area contributed by atoms with Crippen molar-refractivity contribution in [3.8, 4) is 11.4 Å². The zero-order chi connectivity index (χ0) is 25.6. The number of hydrogen-bond donors (Lipinski definition) is 2. The number of para-hydroxylation sites is 2. The Labute approximate surface area is 215 Å². The topological polar surface area (TPSA) is 98.1 Å². The third-order valence-electron chi connectivity index (χ3n) is 5.30. The second-order valence-electron chi connectivity index (χ2n) is 7.85. The summed E-state index contributed by atoms with van der Waals surface area (Å²) in [6, 6.07) is 24.2. The molecule has 0 spiro atoms. The summed E-state index contributed by atoms with van der Waals surface area (Å²) in [4.78, 5) is 30.0. The number of benzene rings is 3. The Balaban J connectivity index is 1.23. The van der Waals surface area contributed by atoms with Crippen LogP contribution in [-0.4, -0.2) is 26.6 Å². The molecule has 5 rings (SSSR count). The lowest BCUT2D eigenvalue weighted by atomic mass is 10.2. The standard InChI is InChI=1S/C27H20FN5O3S/c28-20-14-19(10-11-22(20)33-17-29-16-30-33)31-26(34)24-12-13-25(37-24)27(35)32-21-8-4-5-9-23(21)36-15-18-6-2-1-3-7-18/h1-14,16-17H,15H2,(H,31,34)(H,32,35). The highest BCUT2D eigenvalue weighted by atomic mass is 32.1. The average Bonchev–Trinajstić information content (AvgIpc) is 3.62. The SMILES string of the molecule is O=C(Nc1ccc(-n2cncn2)c(F)c1)c1ccc(C(=O)Nc2ccccc2OCc2ccccc2)s1. The van der Waals surface area contributed by atoms with Crippen LogP contribution in [0, 0.1) is 5.82 Å². The van der Waals surface area contributed by atoms with Gasteiger partial charge in [-0.05, 0) is 48.0 Å². The van der Waals surface area contributed by atoms with Crippen LogP contribution in [-0.2, 0) is 6.61 Å². The average molecular weight is 514 g/mol. The summed E-state index contributed by atoms with van der Waals surface area (Å²) in [5.74, 6) is -0.861. The maximum Gasteiger partial charge on any atom is 0.265 e. The molecule has 2 aromatic heterocycles. The van der Waals surface area contributed by atoms with Gasteiger partial charge in [-0.1, -0.05) is 42.5 Å². The first kappa shape index (κ1) is 23.9. The van der Waals surface area contributed by atoms with E-state index in [2.05, 4.69) is 20.7 Å². The van der Waals surface area contributed by atoms with Crippen LogP contribution in [0.15, 0.2) is 97.6 Å². The Hall–Kier alpha value is -4.83. The van der Waals surface area contributed by atoms with E-state index in [-0.39, 0.29) is 17.3 Å². The number of halogens is 1. The van der Waals surface area contributed by atoms with Crippen LogP contribution < -0.4 is 15.4 Å². The second-order valence-corrected chi connectivity index (χ2v) is 8.93. The molecule has 37 heavy (non-hydrogen) atoms. The van der Waals surface area contributed by atoms with Gasteiger partial charge in [0.05, 0.1) is 15.4 Å². The summed E-state index contributed by atoms with van der Waals surface area (Å²) in [7, 11) is 0. The lowest BCUT2D eigenvalue weighted by molar-refractivity contribution is 0.102. The summed E-state index contributed by atoms with van der Waals surface area (Å²) in [5, 5.41) is 9.39. The van der Waals surface area contributed by atoms with Crippen molar-refractivity contribution in [1.29, 1.82) is 0 Å². The predicted molar refractivity (Wildman–Crippen MR) is 139 cm³/mol. The van der Waals surface area contributed by atoms with E-state index in [1.807, 2.05) is 36.4 Å². The van der Waals surface area contributed by atoms with E-state index in [1.54, 1.807) is 36.4 Å². The van der Waals surface area contributed by atoms with Crippen molar-refractivity contribution in [2.75, 3.05) is 10.6 Å². The second kappa shape index (κ2) is 10.8. The summed E-state index contributed by atoms with van der Waals surface area (Å²) >= 11 is 1.03. The molecule has 0 saturated heterocycles. The molecule has 8 nitrogen and oxygen atoms in total. The summed E-state index contributed by atoms with van der Waals surface area (Å²) in [6.45, 7) is 0.359. The molecule has 0 atom stereocenters. The first-order valence-corrected chi connectivity index (χ1v) is 12.0. The lowest BCUT2D eigenvalue weighted by Crippen LogP contribution is -2.12. The fourth-order valence-corrected chi connectivity index (χ4v) is 4.29. The Kier molecular flexibility index (Phi) is 7.00. The fourth-order valence-electron chi connectivity index (χ4n) is 3.49. The van der Waals surface area contributed by atoms with Gasteiger partial charge in [0.15, 0.2) is 5.82 Å². The van der Waals surface area contributed by atoms with Crippen molar-refractivity contribution < 1.29 is 18.7 Å². The van der Waals surface area contributed by atoms with Crippen LogP contribution in [0.4, 0.5) is 15.8 Å². The molecule has 5 aromatic rings. The van der Waals surface area contributed by atoms with Crippen molar-refractivity contribution in [1.82, 2.24) is 14.8 Å². The van der Waals surface area contributed by atoms with Crippen molar-refractivity contribution in [3.05, 3.63) is 119 Å². The van der Waals surface area contributed by atoms with Gasteiger partial charge in [0.2, 0.25) is 0 Å². The van der Waals surface area contributed by atoms with E-state index < -0.39 is 11.7 Å². The Morgan fingerprint density at radius 3 is 2.35 bits per heavy atom. The van der Waals surface area contributed by atoms with Gasteiger partial charge in [-0.2, -0.15) is 5.10 Å². The molecule has 2 N–H and O–H groups in total. The van der Waals surface area contributed by atoms with E-state index >= 15 is 0 Å². The number of anilines is 2.